The fourth-order valence-corrected chi connectivity index (χ4v) is 0.212. The van der Waals surface area contributed by atoms with Gasteiger partial charge in [-0.3, -0.25) is 0 Å². The van der Waals surface area contributed by atoms with Gasteiger partial charge in [0.1, 0.15) is 5.40 Å². The number of hydrogen-bond donors (Lipinski definition) is 2. The molecular weight excluding hydrogens is 138 g/mol. The summed E-state index contributed by atoms with van der Waals surface area (Å²) >= 11 is 4.31. The Morgan fingerprint density at radius 2 is 2.00 bits per heavy atom. The maximum absolute atomic E-state index is 8.58. The van der Waals surface area contributed by atoms with E-state index in [0.717, 1.165) is 5.75 Å². The highest BCUT2D eigenvalue weighted by atomic mass is 33.2. The molecule has 0 heterocycles. The van der Waals surface area contributed by atoms with Crippen molar-refractivity contribution in [2.75, 3.05) is 18.3 Å². The number of thiocyanates is 1. The Labute approximate surface area is 56.2 Å². The number of nitrogens with zero attached hydrogens (tertiary/aromatic N) is 1. The third-order valence-corrected chi connectivity index (χ3v) is 4.86. The molecule has 0 bridgehead atoms. The van der Waals surface area contributed by atoms with Gasteiger partial charge in [0.15, 0.2) is 0 Å². The Morgan fingerprint density at radius 1 is 1.62 bits per heavy atom. The largest absolute Gasteiger partial charge is 0.188 e. The molecule has 50 valence electrons. The van der Waals surface area contributed by atoms with Gasteiger partial charge < -0.3 is 0 Å². The third-order valence-electron chi connectivity index (χ3n) is 1.25. The second kappa shape index (κ2) is 1.85. The van der Waals surface area contributed by atoms with Crippen molar-refractivity contribution in [3.05, 3.63) is 0 Å². The van der Waals surface area contributed by atoms with Gasteiger partial charge in [0.05, 0.1) is 0 Å². The van der Waals surface area contributed by atoms with E-state index in [-0.39, 0.29) is 0 Å². The van der Waals surface area contributed by atoms with E-state index in [1.807, 2.05) is 19.4 Å². The van der Waals surface area contributed by atoms with Crippen molar-refractivity contribution >= 4 is 19.9 Å². The van der Waals surface area contributed by atoms with E-state index in [0.29, 0.717) is 0 Å². The maximum atomic E-state index is 8.58. The smallest absolute Gasteiger partial charge is 0.104 e. The van der Waals surface area contributed by atoms with Gasteiger partial charge in [-0.1, -0.05) is 6.92 Å². The molecule has 0 aromatic carbocycles. The molecule has 0 fully saturated rings. The van der Waals surface area contributed by atoms with Crippen LogP contribution in [0.25, 0.3) is 0 Å². The molecule has 3 heteroatoms. The van der Waals surface area contributed by atoms with Crippen molar-refractivity contribution in [2.45, 2.75) is 6.92 Å². The molecule has 0 aliphatic rings. The highest BCUT2D eigenvalue weighted by Crippen LogP contribution is 2.65. The van der Waals surface area contributed by atoms with Gasteiger partial charge in [-0.05, 0) is 18.3 Å². The minimum Gasteiger partial charge on any atom is -0.188 e. The predicted molar refractivity (Wildman–Crippen MR) is 46.0 cm³/mol. The van der Waals surface area contributed by atoms with E-state index in [9.17, 15) is 0 Å². The highest BCUT2D eigenvalue weighted by Gasteiger charge is 2.21. The molecule has 0 saturated heterocycles. The first-order valence-corrected chi connectivity index (χ1v) is 7.03. The van der Waals surface area contributed by atoms with Crippen LogP contribution in [0.1, 0.15) is 6.92 Å². The van der Waals surface area contributed by atoms with Crippen LogP contribution in [0.2, 0.25) is 0 Å². The molecule has 0 saturated carbocycles. The second-order valence-corrected chi connectivity index (χ2v) is 12.1. The summed E-state index contributed by atoms with van der Waals surface area (Å²) < 4.78 is 0. The number of hydrogen-bond acceptors (Lipinski definition) is 2. The molecule has 0 aromatic heterocycles. The third kappa shape index (κ3) is 2.49. The molecule has 8 heavy (non-hydrogen) atoms. The van der Waals surface area contributed by atoms with Gasteiger partial charge in [-0.25, -0.2) is 0 Å². The standard InChI is InChI=1S/C5H13NS2/c1-4-8(2,3,7)5-6/h7-8H,4H2,1-3H3. The van der Waals surface area contributed by atoms with Gasteiger partial charge >= 0.3 is 0 Å². The summed E-state index contributed by atoms with van der Waals surface area (Å²) in [6, 6.07) is 0. The zero-order chi connectivity index (χ0) is 6.86. The normalized spacial score (nSPS) is 16.1. The Kier molecular flexibility index (Phi) is 1.90. The number of thiol groups is 2. The Balaban J connectivity index is 4.29. The average Bonchev–Trinajstić information content (AvgIpc) is 1.68. The summed E-state index contributed by atoms with van der Waals surface area (Å²) in [7, 11) is -2.10. The molecule has 0 radical (unpaired) electrons. The lowest BCUT2D eigenvalue weighted by Gasteiger charge is -2.40. The van der Waals surface area contributed by atoms with Crippen molar-refractivity contribution in [2.24, 2.45) is 0 Å². The fraction of sp³-hybridized carbons (Fsp3) is 0.800. The van der Waals surface area contributed by atoms with Crippen LogP contribution >= 0.6 is 19.9 Å². The fourth-order valence-electron chi connectivity index (χ4n) is 0.0707. The first-order chi connectivity index (χ1) is 3.39. The highest BCUT2D eigenvalue weighted by molar-refractivity contribution is 8.99. The summed E-state index contributed by atoms with van der Waals surface area (Å²) in [5.74, 6) is 0.894. The van der Waals surface area contributed by atoms with Crippen molar-refractivity contribution in [3.63, 3.8) is 0 Å². The first-order valence-electron chi connectivity index (χ1n) is 2.56. The van der Waals surface area contributed by atoms with Crippen LogP contribution in [0.15, 0.2) is 0 Å². The van der Waals surface area contributed by atoms with Crippen LogP contribution in [0.4, 0.5) is 0 Å². The zero-order valence-electron chi connectivity index (χ0n) is 5.55. The van der Waals surface area contributed by atoms with Crippen LogP contribution in [0.5, 0.6) is 0 Å². The quantitative estimate of drug-likeness (QED) is 0.332. The molecule has 0 aromatic rings. The summed E-state index contributed by atoms with van der Waals surface area (Å²) in [6.45, 7) is 2.01. The van der Waals surface area contributed by atoms with Crippen LogP contribution in [0.3, 0.4) is 0 Å². The topological polar surface area (TPSA) is 23.8 Å². The summed E-state index contributed by atoms with van der Waals surface area (Å²) in [6.07, 6.45) is 3.91. The lowest BCUT2D eigenvalue weighted by molar-refractivity contribution is 1.48. The van der Waals surface area contributed by atoms with Crippen LogP contribution in [0, 0.1) is 10.7 Å². The van der Waals surface area contributed by atoms with E-state index in [4.69, 9.17) is 5.26 Å². The molecule has 0 aliphatic carbocycles. The van der Waals surface area contributed by atoms with Crippen molar-refractivity contribution in [1.82, 2.24) is 0 Å². The van der Waals surface area contributed by atoms with Crippen LogP contribution in [-0.2, 0) is 0 Å². The molecule has 0 aliphatic heterocycles. The Hall–Kier alpha value is 0.190. The van der Waals surface area contributed by atoms with E-state index in [1.54, 1.807) is 0 Å². The Bertz CT molecular complexity index is 126. The van der Waals surface area contributed by atoms with Gasteiger partial charge in [0.2, 0.25) is 0 Å². The van der Waals surface area contributed by atoms with Gasteiger partial charge in [0.25, 0.3) is 0 Å². The van der Waals surface area contributed by atoms with E-state index < -0.39 is 8.19 Å². The Morgan fingerprint density at radius 3 is 2.00 bits per heavy atom. The minimum atomic E-state index is -2.10. The second-order valence-electron chi connectivity index (χ2n) is 2.74. The van der Waals surface area contributed by atoms with Gasteiger partial charge in [-0.2, -0.15) is 13.5 Å². The molecule has 0 atom stereocenters. The summed E-state index contributed by atoms with van der Waals surface area (Å²) in [5.41, 5.74) is 0. The van der Waals surface area contributed by atoms with Crippen molar-refractivity contribution in [1.29, 1.82) is 5.26 Å². The zero-order valence-corrected chi connectivity index (χ0v) is 7.34. The molecule has 0 spiro atoms. The van der Waals surface area contributed by atoms with Crippen LogP contribution in [-0.4, -0.2) is 18.3 Å². The monoisotopic (exact) mass is 151 g/mol. The molecular formula is C5H13NS2. The van der Waals surface area contributed by atoms with Crippen LogP contribution < -0.4 is 0 Å². The van der Waals surface area contributed by atoms with Gasteiger partial charge in [0, 0.05) is 0 Å². The van der Waals surface area contributed by atoms with E-state index >= 15 is 0 Å². The average molecular weight is 151 g/mol. The van der Waals surface area contributed by atoms with Crippen molar-refractivity contribution in [3.8, 4) is 5.40 Å². The van der Waals surface area contributed by atoms with Crippen molar-refractivity contribution < 1.29 is 0 Å². The molecule has 0 N–H and O–H groups in total. The lowest BCUT2D eigenvalue weighted by atomic mass is 11.0. The first kappa shape index (κ1) is 8.19. The SMILES string of the molecule is CC[SH](C)(C)(S)C#N. The van der Waals surface area contributed by atoms with E-state index in [1.165, 1.54) is 0 Å². The number of rotatable bonds is 1. The minimum absolute atomic E-state index is 0.894. The molecule has 0 unspecified atom stereocenters. The lowest BCUT2D eigenvalue weighted by Crippen LogP contribution is -2.05. The van der Waals surface area contributed by atoms with Gasteiger partial charge in [-0.15, -0.1) is 11.7 Å². The number of nitriles is 1. The summed E-state index contributed by atoms with van der Waals surface area (Å²) in [5, 5.41) is 10.8. The van der Waals surface area contributed by atoms with E-state index in [2.05, 4.69) is 17.1 Å². The summed E-state index contributed by atoms with van der Waals surface area (Å²) in [4.78, 5) is 0. The molecule has 0 rings (SSSR count). The molecule has 1 nitrogen and oxygen atoms in total. The molecule has 0 amide bonds. The maximum Gasteiger partial charge on any atom is 0.104 e. The predicted octanol–water partition coefficient (Wildman–Crippen LogP) is 1.66.